The Bertz CT molecular complexity index is 1040. The summed E-state index contributed by atoms with van der Waals surface area (Å²) in [5, 5.41) is 1.18. The molecule has 1 atom stereocenters. The predicted molar refractivity (Wildman–Crippen MR) is 123 cm³/mol. The highest BCUT2D eigenvalue weighted by atomic mass is 35.5. The number of nitrogens with zero attached hydrogens (tertiary/aromatic N) is 3. The molecule has 31 heavy (non-hydrogen) atoms. The number of piperidine rings is 1. The predicted octanol–water partition coefficient (Wildman–Crippen LogP) is 3.74. The highest BCUT2D eigenvalue weighted by Crippen LogP contribution is 2.27. The van der Waals surface area contributed by atoms with Crippen LogP contribution in [0.15, 0.2) is 53.4 Å². The van der Waals surface area contributed by atoms with Gasteiger partial charge in [0.25, 0.3) is 0 Å². The van der Waals surface area contributed by atoms with E-state index in [4.69, 9.17) is 23.2 Å². The van der Waals surface area contributed by atoms with Gasteiger partial charge < -0.3 is 9.80 Å². The quantitative estimate of drug-likeness (QED) is 0.666. The van der Waals surface area contributed by atoms with Crippen molar-refractivity contribution in [3.05, 3.63) is 58.6 Å². The lowest BCUT2D eigenvalue weighted by Crippen LogP contribution is -2.53. The van der Waals surface area contributed by atoms with Crippen LogP contribution < -0.4 is 4.90 Å². The molecule has 2 saturated heterocycles. The Morgan fingerprint density at radius 1 is 0.903 bits per heavy atom. The average Bonchev–Trinajstić information content (AvgIpc) is 2.79. The first-order valence-electron chi connectivity index (χ1n) is 10.4. The van der Waals surface area contributed by atoms with Crippen molar-refractivity contribution in [2.24, 2.45) is 5.92 Å². The van der Waals surface area contributed by atoms with Crippen LogP contribution in [0.3, 0.4) is 0 Å². The second-order valence-corrected chi connectivity index (χ2v) is 10.8. The van der Waals surface area contributed by atoms with Gasteiger partial charge in [0.2, 0.25) is 15.9 Å². The molecule has 0 N–H and O–H groups in total. The summed E-state index contributed by atoms with van der Waals surface area (Å²) in [7, 11) is -3.64. The maximum atomic E-state index is 13.2. The molecule has 2 fully saturated rings. The van der Waals surface area contributed by atoms with E-state index in [2.05, 4.69) is 4.90 Å². The van der Waals surface area contributed by atoms with Crippen molar-refractivity contribution in [2.45, 2.75) is 17.7 Å². The number of hydrogen-bond acceptors (Lipinski definition) is 4. The molecule has 0 aromatic heterocycles. The summed E-state index contributed by atoms with van der Waals surface area (Å²) >= 11 is 12.0. The molecule has 0 radical (unpaired) electrons. The standard InChI is InChI=1S/C22H25Cl2N3O3S/c23-18-6-8-21(9-7-18)31(29,30)27-10-2-3-17(16-27)22(28)26-13-11-25(12-14-26)20-5-1-4-19(24)15-20/h1,4-9,15,17H,2-3,10-14,16H2/t17-/m1/s1. The summed E-state index contributed by atoms with van der Waals surface area (Å²) in [6.45, 7) is 3.34. The summed E-state index contributed by atoms with van der Waals surface area (Å²) in [6.07, 6.45) is 1.38. The van der Waals surface area contributed by atoms with Gasteiger partial charge in [-0.15, -0.1) is 0 Å². The molecule has 0 aliphatic carbocycles. The highest BCUT2D eigenvalue weighted by molar-refractivity contribution is 7.89. The smallest absolute Gasteiger partial charge is 0.243 e. The number of hydrogen-bond donors (Lipinski definition) is 0. The second-order valence-electron chi connectivity index (χ2n) is 7.95. The Labute approximate surface area is 193 Å². The van der Waals surface area contributed by atoms with E-state index in [0.717, 1.165) is 18.8 Å². The van der Waals surface area contributed by atoms with Gasteiger partial charge in [-0.3, -0.25) is 4.79 Å². The molecule has 0 bridgehead atoms. The highest BCUT2D eigenvalue weighted by Gasteiger charge is 2.35. The van der Waals surface area contributed by atoms with Gasteiger partial charge in [-0.05, 0) is 55.3 Å². The molecule has 0 saturated carbocycles. The van der Waals surface area contributed by atoms with Gasteiger partial charge in [0, 0.05) is 55.0 Å². The fourth-order valence-electron chi connectivity index (χ4n) is 4.23. The van der Waals surface area contributed by atoms with E-state index in [0.29, 0.717) is 42.5 Å². The molecule has 1 amide bonds. The van der Waals surface area contributed by atoms with Crippen molar-refractivity contribution in [1.29, 1.82) is 0 Å². The minimum atomic E-state index is -3.64. The van der Waals surface area contributed by atoms with Crippen LogP contribution in [-0.4, -0.2) is 62.8 Å². The van der Waals surface area contributed by atoms with Crippen molar-refractivity contribution in [3.63, 3.8) is 0 Å². The third kappa shape index (κ3) is 5.00. The van der Waals surface area contributed by atoms with Gasteiger partial charge in [0.05, 0.1) is 10.8 Å². The molecule has 4 rings (SSSR count). The van der Waals surface area contributed by atoms with Gasteiger partial charge >= 0.3 is 0 Å². The molecule has 166 valence electrons. The second kappa shape index (κ2) is 9.36. The zero-order chi connectivity index (χ0) is 22.0. The molecule has 0 unspecified atom stereocenters. The first-order valence-corrected chi connectivity index (χ1v) is 12.6. The lowest BCUT2D eigenvalue weighted by Gasteiger charge is -2.39. The fraction of sp³-hybridized carbons (Fsp3) is 0.409. The maximum absolute atomic E-state index is 13.2. The first-order chi connectivity index (χ1) is 14.8. The third-order valence-electron chi connectivity index (χ3n) is 5.95. The number of amides is 1. The minimum Gasteiger partial charge on any atom is -0.368 e. The zero-order valence-electron chi connectivity index (χ0n) is 17.1. The summed E-state index contributed by atoms with van der Waals surface area (Å²) in [5.74, 6) is -0.268. The molecule has 2 aliphatic rings. The normalized spacial score (nSPS) is 20.6. The molecule has 6 nitrogen and oxygen atoms in total. The van der Waals surface area contributed by atoms with Crippen LogP contribution in [0.1, 0.15) is 12.8 Å². The Kier molecular flexibility index (Phi) is 6.77. The minimum absolute atomic E-state index is 0.0433. The van der Waals surface area contributed by atoms with E-state index >= 15 is 0 Å². The van der Waals surface area contributed by atoms with Crippen molar-refractivity contribution < 1.29 is 13.2 Å². The average molecular weight is 482 g/mol. The number of anilines is 1. The van der Waals surface area contributed by atoms with Crippen molar-refractivity contribution in [1.82, 2.24) is 9.21 Å². The molecule has 0 spiro atoms. The van der Waals surface area contributed by atoms with Crippen LogP contribution in [0, 0.1) is 5.92 Å². The molecule has 2 aromatic rings. The fourth-order valence-corrected chi connectivity index (χ4v) is 6.07. The SMILES string of the molecule is O=C([C@@H]1CCCN(S(=O)(=O)c2ccc(Cl)cc2)C1)N1CCN(c2cccc(Cl)c2)CC1. The van der Waals surface area contributed by atoms with Crippen molar-refractivity contribution >= 4 is 44.8 Å². The number of piperazine rings is 1. The van der Waals surface area contributed by atoms with Crippen LogP contribution in [0.4, 0.5) is 5.69 Å². The van der Waals surface area contributed by atoms with Gasteiger partial charge in [0.15, 0.2) is 0 Å². The lowest BCUT2D eigenvalue weighted by molar-refractivity contribution is -0.137. The van der Waals surface area contributed by atoms with E-state index in [1.807, 2.05) is 29.2 Å². The van der Waals surface area contributed by atoms with Gasteiger partial charge in [-0.1, -0.05) is 29.3 Å². The van der Waals surface area contributed by atoms with Gasteiger partial charge in [-0.25, -0.2) is 8.42 Å². The molecule has 2 heterocycles. The summed E-state index contributed by atoms with van der Waals surface area (Å²) < 4.78 is 27.5. The van der Waals surface area contributed by atoms with Crippen molar-refractivity contribution in [2.75, 3.05) is 44.2 Å². The van der Waals surface area contributed by atoms with Crippen LogP contribution in [0.25, 0.3) is 0 Å². The Morgan fingerprint density at radius 3 is 2.29 bits per heavy atom. The number of sulfonamides is 1. The molecule has 9 heteroatoms. The Hall–Kier alpha value is -1.80. The molecule has 2 aromatic carbocycles. The molecule has 2 aliphatic heterocycles. The Balaban J connectivity index is 1.38. The lowest BCUT2D eigenvalue weighted by atomic mass is 9.97. The van der Waals surface area contributed by atoms with E-state index in [1.54, 1.807) is 12.1 Å². The van der Waals surface area contributed by atoms with Crippen LogP contribution >= 0.6 is 23.2 Å². The van der Waals surface area contributed by atoms with Gasteiger partial charge in [0.1, 0.15) is 0 Å². The maximum Gasteiger partial charge on any atom is 0.243 e. The third-order valence-corrected chi connectivity index (χ3v) is 8.32. The van der Waals surface area contributed by atoms with Gasteiger partial charge in [-0.2, -0.15) is 4.31 Å². The van der Waals surface area contributed by atoms with Crippen LogP contribution in [0.2, 0.25) is 10.0 Å². The Morgan fingerprint density at radius 2 is 1.61 bits per heavy atom. The summed E-state index contributed by atoms with van der Waals surface area (Å²) in [4.78, 5) is 17.4. The number of halogens is 2. The summed E-state index contributed by atoms with van der Waals surface area (Å²) in [6, 6.07) is 13.9. The topological polar surface area (TPSA) is 60.9 Å². The van der Waals surface area contributed by atoms with E-state index in [9.17, 15) is 13.2 Å². The number of carbonyl (C=O) groups is 1. The first kappa shape index (κ1) is 22.4. The van der Waals surface area contributed by atoms with Crippen LogP contribution in [-0.2, 0) is 14.8 Å². The van der Waals surface area contributed by atoms with Crippen LogP contribution in [0.5, 0.6) is 0 Å². The largest absolute Gasteiger partial charge is 0.368 e. The van der Waals surface area contributed by atoms with Crippen molar-refractivity contribution in [3.8, 4) is 0 Å². The molecular formula is C22H25Cl2N3O3S. The summed E-state index contributed by atoms with van der Waals surface area (Å²) in [5.41, 5.74) is 1.05. The van der Waals surface area contributed by atoms with E-state index in [1.165, 1.54) is 16.4 Å². The number of carbonyl (C=O) groups excluding carboxylic acids is 1. The number of benzene rings is 2. The van der Waals surface area contributed by atoms with E-state index in [-0.39, 0.29) is 23.3 Å². The monoisotopic (exact) mass is 481 g/mol. The zero-order valence-corrected chi connectivity index (χ0v) is 19.4. The number of rotatable bonds is 4. The molecular weight excluding hydrogens is 457 g/mol. The van der Waals surface area contributed by atoms with E-state index < -0.39 is 10.0 Å².